The standard InChI is InChI=1S/C19H22N4O3/c1-12(2)17-20-21-18(26-17)16-11-25-10-9-23(16)19(24)14-5-4-6-15-13(14)7-8-22(15)3/h4-8,12,16H,9-11H2,1-3H3/t16-/m1/s1. The summed E-state index contributed by atoms with van der Waals surface area (Å²) in [4.78, 5) is 15.1. The number of nitrogens with zero attached hydrogens (tertiary/aromatic N) is 4. The van der Waals surface area contributed by atoms with Gasteiger partial charge in [-0.25, -0.2) is 0 Å². The average molecular weight is 354 g/mol. The molecule has 3 aromatic rings. The third-order valence-electron chi connectivity index (χ3n) is 4.78. The van der Waals surface area contributed by atoms with Crippen LogP contribution < -0.4 is 0 Å². The number of rotatable bonds is 3. The maximum Gasteiger partial charge on any atom is 0.255 e. The fourth-order valence-electron chi connectivity index (χ4n) is 3.31. The molecule has 1 aliphatic rings. The molecule has 0 aliphatic carbocycles. The Labute approximate surface area is 151 Å². The van der Waals surface area contributed by atoms with Gasteiger partial charge in [-0.1, -0.05) is 19.9 Å². The highest BCUT2D eigenvalue weighted by Crippen LogP contribution is 2.29. The molecule has 1 aliphatic heterocycles. The number of aromatic nitrogens is 3. The second kappa shape index (κ2) is 6.57. The summed E-state index contributed by atoms with van der Waals surface area (Å²) >= 11 is 0. The molecule has 1 saturated heterocycles. The van der Waals surface area contributed by atoms with Crippen molar-refractivity contribution in [3.8, 4) is 0 Å². The largest absolute Gasteiger partial charge is 0.423 e. The van der Waals surface area contributed by atoms with Crippen LogP contribution >= 0.6 is 0 Å². The summed E-state index contributed by atoms with van der Waals surface area (Å²) in [7, 11) is 1.97. The number of aryl methyl sites for hydroxylation is 1. The normalized spacial score (nSPS) is 18.0. The SMILES string of the molecule is CC(C)c1nnc([C@H]2COCCN2C(=O)c2cccc3c2ccn3C)o1. The second-order valence-electron chi connectivity index (χ2n) is 6.89. The molecule has 1 aromatic carbocycles. The monoisotopic (exact) mass is 354 g/mol. The Hall–Kier alpha value is -2.67. The molecule has 136 valence electrons. The Kier molecular flexibility index (Phi) is 4.24. The van der Waals surface area contributed by atoms with E-state index in [-0.39, 0.29) is 17.9 Å². The molecule has 1 atom stereocenters. The maximum absolute atomic E-state index is 13.3. The second-order valence-corrected chi connectivity index (χ2v) is 6.89. The Morgan fingerprint density at radius 3 is 2.88 bits per heavy atom. The van der Waals surface area contributed by atoms with Gasteiger partial charge in [-0.15, -0.1) is 10.2 Å². The first-order chi connectivity index (χ1) is 12.6. The summed E-state index contributed by atoms with van der Waals surface area (Å²) < 4.78 is 13.4. The van der Waals surface area contributed by atoms with Crippen LogP contribution in [0.5, 0.6) is 0 Å². The first kappa shape index (κ1) is 16.8. The van der Waals surface area contributed by atoms with Gasteiger partial charge in [-0.3, -0.25) is 4.79 Å². The summed E-state index contributed by atoms with van der Waals surface area (Å²) in [6.07, 6.45) is 1.96. The topological polar surface area (TPSA) is 73.4 Å². The van der Waals surface area contributed by atoms with Crippen LogP contribution in [0.15, 0.2) is 34.9 Å². The number of morpholine rings is 1. The van der Waals surface area contributed by atoms with Gasteiger partial charge in [0.15, 0.2) is 0 Å². The lowest BCUT2D eigenvalue weighted by molar-refractivity contribution is -0.0106. The summed E-state index contributed by atoms with van der Waals surface area (Å²) in [6, 6.07) is 7.39. The van der Waals surface area contributed by atoms with Crippen molar-refractivity contribution in [1.29, 1.82) is 0 Å². The van der Waals surface area contributed by atoms with Crippen LogP contribution in [-0.2, 0) is 11.8 Å². The van der Waals surface area contributed by atoms with E-state index in [2.05, 4.69) is 10.2 Å². The van der Waals surface area contributed by atoms with Crippen LogP contribution in [0, 0.1) is 0 Å². The van der Waals surface area contributed by atoms with Crippen molar-refractivity contribution in [2.75, 3.05) is 19.8 Å². The van der Waals surface area contributed by atoms with Crippen LogP contribution in [-0.4, -0.2) is 45.3 Å². The lowest BCUT2D eigenvalue weighted by Gasteiger charge is -2.33. The van der Waals surface area contributed by atoms with E-state index in [1.54, 1.807) is 4.90 Å². The molecular weight excluding hydrogens is 332 g/mol. The van der Waals surface area contributed by atoms with Gasteiger partial charge >= 0.3 is 0 Å². The van der Waals surface area contributed by atoms with Crippen LogP contribution in [0.3, 0.4) is 0 Å². The van der Waals surface area contributed by atoms with E-state index in [0.29, 0.717) is 37.1 Å². The zero-order chi connectivity index (χ0) is 18.3. The van der Waals surface area contributed by atoms with E-state index in [1.165, 1.54) is 0 Å². The molecule has 3 heterocycles. The van der Waals surface area contributed by atoms with Gasteiger partial charge in [0, 0.05) is 42.2 Å². The minimum Gasteiger partial charge on any atom is -0.423 e. The van der Waals surface area contributed by atoms with Gasteiger partial charge in [-0.2, -0.15) is 0 Å². The number of ether oxygens (including phenoxy) is 1. The van der Waals surface area contributed by atoms with Crippen molar-refractivity contribution in [2.45, 2.75) is 25.8 Å². The van der Waals surface area contributed by atoms with E-state index >= 15 is 0 Å². The van der Waals surface area contributed by atoms with Gasteiger partial charge in [0.05, 0.1) is 13.2 Å². The van der Waals surface area contributed by atoms with Crippen LogP contribution in [0.25, 0.3) is 10.9 Å². The molecule has 26 heavy (non-hydrogen) atoms. The highest BCUT2D eigenvalue weighted by Gasteiger charge is 2.34. The fourth-order valence-corrected chi connectivity index (χ4v) is 3.31. The van der Waals surface area contributed by atoms with Crippen molar-refractivity contribution < 1.29 is 13.9 Å². The Morgan fingerprint density at radius 2 is 2.12 bits per heavy atom. The number of fused-ring (bicyclic) bond motifs is 1. The molecule has 2 aromatic heterocycles. The van der Waals surface area contributed by atoms with Crippen LogP contribution in [0.1, 0.15) is 47.9 Å². The zero-order valence-corrected chi connectivity index (χ0v) is 15.2. The van der Waals surface area contributed by atoms with Gasteiger partial charge in [0.2, 0.25) is 11.8 Å². The minimum atomic E-state index is -0.366. The van der Waals surface area contributed by atoms with Gasteiger partial charge in [0.25, 0.3) is 5.91 Å². The molecule has 0 N–H and O–H groups in total. The van der Waals surface area contributed by atoms with Crippen molar-refractivity contribution in [3.63, 3.8) is 0 Å². The smallest absolute Gasteiger partial charge is 0.255 e. The molecule has 1 amide bonds. The molecule has 1 fully saturated rings. The third-order valence-corrected chi connectivity index (χ3v) is 4.78. The van der Waals surface area contributed by atoms with Gasteiger partial charge in [0.1, 0.15) is 6.04 Å². The Morgan fingerprint density at radius 1 is 1.27 bits per heavy atom. The van der Waals surface area contributed by atoms with Gasteiger partial charge in [-0.05, 0) is 18.2 Å². The molecule has 0 saturated carbocycles. The van der Waals surface area contributed by atoms with Crippen molar-refractivity contribution in [1.82, 2.24) is 19.7 Å². The molecule has 7 nitrogen and oxygen atoms in total. The minimum absolute atomic E-state index is 0.0422. The highest BCUT2D eigenvalue weighted by atomic mass is 16.5. The number of hydrogen-bond donors (Lipinski definition) is 0. The van der Waals surface area contributed by atoms with E-state index in [9.17, 15) is 4.79 Å². The number of hydrogen-bond acceptors (Lipinski definition) is 5. The number of carbonyl (C=O) groups excluding carboxylic acids is 1. The molecular formula is C19H22N4O3. The quantitative estimate of drug-likeness (QED) is 0.723. The molecule has 0 bridgehead atoms. The van der Waals surface area contributed by atoms with E-state index < -0.39 is 0 Å². The predicted molar refractivity (Wildman–Crippen MR) is 95.9 cm³/mol. The molecule has 0 unspecified atom stereocenters. The lowest BCUT2D eigenvalue weighted by Crippen LogP contribution is -2.43. The fraction of sp³-hybridized carbons (Fsp3) is 0.421. The Balaban J connectivity index is 1.70. The predicted octanol–water partition coefficient (Wildman–Crippen LogP) is 2.90. The molecule has 7 heteroatoms. The average Bonchev–Trinajstić information content (AvgIpc) is 3.29. The first-order valence-corrected chi connectivity index (χ1v) is 8.82. The van der Waals surface area contributed by atoms with Crippen LogP contribution in [0.2, 0.25) is 0 Å². The number of benzene rings is 1. The Bertz CT molecular complexity index is 943. The molecule has 4 rings (SSSR count). The number of amides is 1. The van der Waals surface area contributed by atoms with E-state index in [1.807, 2.05) is 55.9 Å². The summed E-state index contributed by atoms with van der Waals surface area (Å²) in [5, 5.41) is 9.20. The van der Waals surface area contributed by atoms with E-state index in [4.69, 9.17) is 9.15 Å². The van der Waals surface area contributed by atoms with Gasteiger partial charge < -0.3 is 18.6 Å². The van der Waals surface area contributed by atoms with Crippen LogP contribution in [0.4, 0.5) is 0 Å². The zero-order valence-electron chi connectivity index (χ0n) is 15.2. The molecule has 0 spiro atoms. The van der Waals surface area contributed by atoms with Crippen molar-refractivity contribution in [2.24, 2.45) is 7.05 Å². The van der Waals surface area contributed by atoms with Crippen molar-refractivity contribution >= 4 is 16.8 Å². The number of carbonyl (C=O) groups is 1. The summed E-state index contributed by atoms with van der Waals surface area (Å²) in [5.41, 5.74) is 1.71. The lowest BCUT2D eigenvalue weighted by atomic mass is 10.1. The molecule has 0 radical (unpaired) electrons. The summed E-state index contributed by atoms with van der Waals surface area (Å²) in [5.74, 6) is 1.10. The van der Waals surface area contributed by atoms with Crippen molar-refractivity contribution in [3.05, 3.63) is 47.8 Å². The maximum atomic E-state index is 13.3. The summed E-state index contributed by atoms with van der Waals surface area (Å²) in [6.45, 7) is 5.34. The highest BCUT2D eigenvalue weighted by molar-refractivity contribution is 6.06. The first-order valence-electron chi connectivity index (χ1n) is 8.82. The third kappa shape index (κ3) is 2.78. The van der Waals surface area contributed by atoms with E-state index in [0.717, 1.165) is 10.9 Å².